The van der Waals surface area contributed by atoms with E-state index in [1.54, 1.807) is 13.1 Å². The first-order chi connectivity index (χ1) is 11.6. The maximum atomic E-state index is 14.0. The van der Waals surface area contributed by atoms with Crippen LogP contribution in [-0.2, 0) is 10.2 Å². The third kappa shape index (κ3) is 4.04. The number of aliphatic imine (C=N–C) groups is 1. The van der Waals surface area contributed by atoms with Crippen molar-refractivity contribution in [1.29, 1.82) is 0 Å². The van der Waals surface area contributed by atoms with Gasteiger partial charge in [-0.25, -0.2) is 4.39 Å². The highest BCUT2D eigenvalue weighted by Crippen LogP contribution is 2.48. The van der Waals surface area contributed by atoms with Gasteiger partial charge < -0.3 is 16.0 Å². The van der Waals surface area contributed by atoms with Gasteiger partial charge >= 0.3 is 0 Å². The minimum Gasteiger partial charge on any atom is -0.356 e. The van der Waals surface area contributed by atoms with Crippen LogP contribution in [0.2, 0.25) is 0 Å². The Bertz CT molecular complexity index is 623. The molecule has 1 amide bonds. The van der Waals surface area contributed by atoms with Gasteiger partial charge in [0.1, 0.15) is 5.82 Å². The van der Waals surface area contributed by atoms with Gasteiger partial charge in [-0.1, -0.05) is 18.2 Å². The molecule has 3 rings (SSSR count). The van der Waals surface area contributed by atoms with Crippen molar-refractivity contribution in [1.82, 2.24) is 16.0 Å². The lowest BCUT2D eigenvalue weighted by Crippen LogP contribution is -2.44. The highest BCUT2D eigenvalue weighted by molar-refractivity contribution is 5.81. The van der Waals surface area contributed by atoms with Crippen molar-refractivity contribution >= 4 is 11.9 Å². The fourth-order valence-electron chi connectivity index (χ4n) is 2.91. The first-order valence-electron chi connectivity index (χ1n) is 8.62. The van der Waals surface area contributed by atoms with Crippen LogP contribution in [0.5, 0.6) is 0 Å². The molecule has 24 heavy (non-hydrogen) atoms. The maximum Gasteiger partial charge on any atom is 0.223 e. The number of hydrogen-bond donors (Lipinski definition) is 3. The van der Waals surface area contributed by atoms with Crippen LogP contribution < -0.4 is 16.0 Å². The highest BCUT2D eigenvalue weighted by atomic mass is 19.1. The van der Waals surface area contributed by atoms with Crippen LogP contribution in [0.3, 0.4) is 0 Å². The molecule has 0 heterocycles. The average molecular weight is 332 g/mol. The molecule has 3 N–H and O–H groups in total. The Morgan fingerprint density at radius 3 is 2.54 bits per heavy atom. The van der Waals surface area contributed by atoms with Crippen molar-refractivity contribution in [2.24, 2.45) is 10.9 Å². The van der Waals surface area contributed by atoms with Gasteiger partial charge in [0, 0.05) is 38.0 Å². The lowest BCUT2D eigenvalue weighted by atomic mass is 9.95. The summed E-state index contributed by atoms with van der Waals surface area (Å²) in [5.74, 6) is 0.926. The lowest BCUT2D eigenvalue weighted by Gasteiger charge is -2.19. The molecule has 0 aromatic heterocycles. The standard InChI is InChI=1S/C18H25FN4O/c1-20-17(22-11-10-21-16(24)13-6-7-13)23-12-18(8-9-18)14-4-2-3-5-15(14)19/h2-5,13H,6-12H2,1H3,(H,21,24)(H2,20,22,23). The fourth-order valence-corrected chi connectivity index (χ4v) is 2.91. The SMILES string of the molecule is CN=C(NCCNC(=O)C1CC1)NCC1(c2ccccc2F)CC1. The number of nitrogens with zero attached hydrogens (tertiary/aromatic N) is 1. The van der Waals surface area contributed by atoms with E-state index in [1.807, 2.05) is 12.1 Å². The van der Waals surface area contributed by atoms with Crippen LogP contribution in [0.4, 0.5) is 4.39 Å². The van der Waals surface area contributed by atoms with Crippen LogP contribution in [0.15, 0.2) is 29.3 Å². The summed E-state index contributed by atoms with van der Waals surface area (Å²) in [6, 6.07) is 6.99. The second-order valence-corrected chi connectivity index (χ2v) is 6.68. The molecule has 0 saturated heterocycles. The smallest absolute Gasteiger partial charge is 0.223 e. The summed E-state index contributed by atoms with van der Waals surface area (Å²) < 4.78 is 14.0. The van der Waals surface area contributed by atoms with Gasteiger partial charge in [0.15, 0.2) is 5.96 Å². The van der Waals surface area contributed by atoms with Gasteiger partial charge in [0.2, 0.25) is 5.91 Å². The van der Waals surface area contributed by atoms with Crippen molar-refractivity contribution in [2.75, 3.05) is 26.7 Å². The van der Waals surface area contributed by atoms with Crippen LogP contribution >= 0.6 is 0 Å². The monoisotopic (exact) mass is 332 g/mol. The van der Waals surface area contributed by atoms with E-state index in [0.29, 0.717) is 25.6 Å². The number of hydrogen-bond acceptors (Lipinski definition) is 2. The number of amides is 1. The molecule has 0 radical (unpaired) electrons. The molecule has 0 bridgehead atoms. The van der Waals surface area contributed by atoms with Crippen molar-refractivity contribution in [3.63, 3.8) is 0 Å². The number of rotatable bonds is 7. The predicted molar refractivity (Wildman–Crippen MR) is 92.4 cm³/mol. The third-order valence-corrected chi connectivity index (χ3v) is 4.78. The zero-order chi connectivity index (χ0) is 17.0. The Labute approximate surface area is 142 Å². The summed E-state index contributed by atoms with van der Waals surface area (Å²) in [6.45, 7) is 1.85. The molecule has 5 nitrogen and oxygen atoms in total. The van der Waals surface area contributed by atoms with Gasteiger partial charge in [-0.15, -0.1) is 0 Å². The summed E-state index contributed by atoms with van der Waals surface area (Å²) in [5.41, 5.74) is 0.660. The third-order valence-electron chi connectivity index (χ3n) is 4.78. The second kappa shape index (κ2) is 7.20. The van der Waals surface area contributed by atoms with E-state index in [4.69, 9.17) is 0 Å². The van der Waals surface area contributed by atoms with Crippen molar-refractivity contribution in [2.45, 2.75) is 31.1 Å². The quantitative estimate of drug-likeness (QED) is 0.403. The minimum absolute atomic E-state index is 0.122. The van der Waals surface area contributed by atoms with Crippen molar-refractivity contribution in [3.8, 4) is 0 Å². The molecule has 0 aliphatic heterocycles. The predicted octanol–water partition coefficient (Wildman–Crippen LogP) is 1.55. The first kappa shape index (κ1) is 16.7. The number of carbonyl (C=O) groups is 1. The average Bonchev–Trinajstić information content (AvgIpc) is 3.48. The van der Waals surface area contributed by atoms with E-state index in [1.165, 1.54) is 6.07 Å². The molecule has 2 fully saturated rings. The van der Waals surface area contributed by atoms with Gasteiger partial charge in [0.05, 0.1) is 0 Å². The molecule has 1 aromatic rings. The Kier molecular flexibility index (Phi) is 5.02. The first-order valence-corrected chi connectivity index (χ1v) is 8.62. The summed E-state index contributed by atoms with van der Waals surface area (Å²) in [4.78, 5) is 15.7. The van der Waals surface area contributed by atoms with Crippen molar-refractivity contribution < 1.29 is 9.18 Å². The van der Waals surface area contributed by atoms with Gasteiger partial charge in [-0.2, -0.15) is 0 Å². The zero-order valence-electron chi connectivity index (χ0n) is 14.1. The fraction of sp³-hybridized carbons (Fsp3) is 0.556. The molecule has 130 valence electrons. The van der Waals surface area contributed by atoms with E-state index in [9.17, 15) is 9.18 Å². The van der Waals surface area contributed by atoms with Gasteiger partial charge in [-0.05, 0) is 37.3 Å². The topological polar surface area (TPSA) is 65.5 Å². The molecule has 6 heteroatoms. The van der Waals surface area contributed by atoms with Crippen LogP contribution in [-0.4, -0.2) is 38.5 Å². The van der Waals surface area contributed by atoms with Gasteiger partial charge in [-0.3, -0.25) is 9.79 Å². The minimum atomic E-state index is -0.137. The molecule has 2 saturated carbocycles. The molecular weight excluding hydrogens is 307 g/mol. The van der Waals surface area contributed by atoms with Crippen LogP contribution in [0, 0.1) is 11.7 Å². The van der Waals surface area contributed by atoms with E-state index < -0.39 is 0 Å². The van der Waals surface area contributed by atoms with E-state index in [2.05, 4.69) is 20.9 Å². The molecule has 0 unspecified atom stereocenters. The maximum absolute atomic E-state index is 14.0. The van der Waals surface area contributed by atoms with Gasteiger partial charge in [0.25, 0.3) is 0 Å². The molecule has 2 aliphatic rings. The van der Waals surface area contributed by atoms with Crippen LogP contribution in [0.1, 0.15) is 31.2 Å². The number of halogens is 1. The lowest BCUT2D eigenvalue weighted by molar-refractivity contribution is -0.122. The second-order valence-electron chi connectivity index (χ2n) is 6.68. The van der Waals surface area contributed by atoms with Crippen LogP contribution in [0.25, 0.3) is 0 Å². The summed E-state index contributed by atoms with van der Waals surface area (Å²) in [7, 11) is 1.71. The Morgan fingerprint density at radius 1 is 1.21 bits per heavy atom. The number of carbonyl (C=O) groups excluding carboxylic acids is 1. The summed E-state index contributed by atoms with van der Waals surface area (Å²) in [6.07, 6.45) is 3.99. The molecule has 2 aliphatic carbocycles. The zero-order valence-corrected chi connectivity index (χ0v) is 14.1. The largest absolute Gasteiger partial charge is 0.356 e. The number of nitrogens with one attached hydrogen (secondary N) is 3. The highest BCUT2D eigenvalue weighted by Gasteiger charge is 2.45. The van der Waals surface area contributed by atoms with E-state index >= 15 is 0 Å². The number of benzene rings is 1. The summed E-state index contributed by atoms with van der Waals surface area (Å²) >= 11 is 0. The van der Waals surface area contributed by atoms with E-state index in [-0.39, 0.29) is 23.1 Å². The Morgan fingerprint density at radius 2 is 1.92 bits per heavy atom. The molecule has 1 aromatic carbocycles. The Balaban J connectivity index is 1.42. The summed E-state index contributed by atoms with van der Waals surface area (Å²) in [5, 5.41) is 9.37. The molecule has 0 spiro atoms. The normalized spacial score (nSPS) is 18.8. The van der Waals surface area contributed by atoms with Crippen molar-refractivity contribution in [3.05, 3.63) is 35.6 Å². The van der Waals surface area contributed by atoms with E-state index in [0.717, 1.165) is 31.2 Å². The number of guanidine groups is 1. The molecular formula is C18H25FN4O. The Hall–Kier alpha value is -2.11. The molecule has 0 atom stereocenters.